The van der Waals surface area contributed by atoms with Gasteiger partial charge in [-0.1, -0.05) is 11.8 Å². The molecule has 0 saturated heterocycles. The average Bonchev–Trinajstić information content (AvgIpc) is 3.21. The summed E-state index contributed by atoms with van der Waals surface area (Å²) in [6.07, 6.45) is -0.828. The fraction of sp³-hybridized carbons (Fsp3) is 0.250. The molecule has 0 bridgehead atoms. The molecule has 1 unspecified atom stereocenters. The third-order valence-corrected chi connectivity index (χ3v) is 5.32. The number of aryl methyl sites for hydroxylation is 1. The first kappa shape index (κ1) is 18.2. The van der Waals surface area contributed by atoms with Crippen molar-refractivity contribution in [1.82, 2.24) is 10.3 Å². The maximum Gasteiger partial charge on any atom is 0.414 e. The van der Waals surface area contributed by atoms with Crippen molar-refractivity contribution in [2.75, 3.05) is 17.2 Å². The van der Waals surface area contributed by atoms with Crippen LogP contribution in [0.3, 0.4) is 0 Å². The molecule has 1 atom stereocenters. The van der Waals surface area contributed by atoms with Gasteiger partial charge < -0.3 is 15.4 Å². The monoisotopic (exact) mass is 392 g/mol. The van der Waals surface area contributed by atoms with Gasteiger partial charge in [0.05, 0.1) is 17.9 Å². The van der Waals surface area contributed by atoms with Gasteiger partial charge in [0, 0.05) is 5.69 Å². The van der Waals surface area contributed by atoms with E-state index in [-0.39, 0.29) is 18.1 Å². The zero-order valence-corrected chi connectivity index (χ0v) is 15.6. The number of thioether (sulfide) groups is 1. The molecular weight excluding hydrogens is 376 g/mol. The van der Waals surface area contributed by atoms with Crippen molar-refractivity contribution < 1.29 is 19.1 Å². The van der Waals surface area contributed by atoms with Crippen LogP contribution >= 0.6 is 23.1 Å². The van der Waals surface area contributed by atoms with E-state index in [1.54, 1.807) is 12.3 Å². The number of pyridine rings is 1. The molecule has 0 spiro atoms. The molecule has 1 aliphatic rings. The first-order valence-corrected chi connectivity index (χ1v) is 9.51. The van der Waals surface area contributed by atoms with Crippen molar-refractivity contribution >= 4 is 51.7 Å². The second kappa shape index (κ2) is 7.75. The summed E-state index contributed by atoms with van der Waals surface area (Å²) < 4.78 is 4.68. The molecule has 0 saturated carbocycles. The number of hydrogen-bond donors (Lipinski definition) is 3. The first-order chi connectivity index (χ1) is 12.5. The Hall–Kier alpha value is -2.59. The van der Waals surface area contributed by atoms with E-state index in [0.29, 0.717) is 5.00 Å². The number of hydrogen-bond acceptors (Lipinski definition) is 8. The minimum atomic E-state index is -0.828. The lowest BCUT2D eigenvalue weighted by molar-refractivity contribution is -0.115. The van der Waals surface area contributed by atoms with Crippen LogP contribution < -0.4 is 16.0 Å². The molecule has 8 nitrogen and oxygen atoms in total. The van der Waals surface area contributed by atoms with E-state index in [9.17, 15) is 14.4 Å². The number of ether oxygens (including phenoxy) is 1. The maximum absolute atomic E-state index is 12.5. The number of nitrogens with zero attached hydrogens (tertiary/aromatic N) is 1. The molecule has 2 aromatic rings. The summed E-state index contributed by atoms with van der Waals surface area (Å²) >= 11 is 2.50. The number of imide groups is 1. The third kappa shape index (κ3) is 3.97. The van der Waals surface area contributed by atoms with Crippen LogP contribution in [0.2, 0.25) is 0 Å². The van der Waals surface area contributed by atoms with Gasteiger partial charge in [-0.25, -0.2) is 9.78 Å². The Labute approximate surface area is 157 Å². The van der Waals surface area contributed by atoms with Crippen LogP contribution in [0.5, 0.6) is 0 Å². The Morgan fingerprint density at radius 2 is 2.12 bits per heavy atom. The van der Waals surface area contributed by atoms with Gasteiger partial charge in [0.1, 0.15) is 10.0 Å². The normalized spacial score (nSPS) is 14.9. The average molecular weight is 392 g/mol. The van der Waals surface area contributed by atoms with Crippen molar-refractivity contribution in [3.63, 3.8) is 0 Å². The fourth-order valence-corrected chi connectivity index (χ4v) is 4.04. The van der Waals surface area contributed by atoms with E-state index < -0.39 is 17.4 Å². The number of fused-ring (bicyclic) bond motifs is 1. The van der Waals surface area contributed by atoms with E-state index in [1.165, 1.54) is 29.2 Å². The zero-order chi connectivity index (χ0) is 18.7. The minimum absolute atomic E-state index is 0.158. The maximum atomic E-state index is 12.5. The molecule has 2 aromatic heterocycles. The number of anilines is 2. The van der Waals surface area contributed by atoms with E-state index in [2.05, 4.69) is 25.7 Å². The largest absolute Gasteiger partial charge is 0.450 e. The van der Waals surface area contributed by atoms with Crippen LogP contribution in [0.15, 0.2) is 28.6 Å². The first-order valence-electron chi connectivity index (χ1n) is 7.75. The molecule has 0 radical (unpaired) electrons. The highest BCUT2D eigenvalue weighted by atomic mass is 32.2. The Balaban J connectivity index is 1.65. The van der Waals surface area contributed by atoms with Crippen LogP contribution in [-0.4, -0.2) is 34.9 Å². The molecule has 0 aromatic carbocycles. The standard InChI is InChI=1S/C16H16N4O4S2/c1-3-24-16(23)20-11(21)9-6-7-25-13(9)19-12(22)15-18-10-5-4-8(2)17-14(10)26-15/h4-7,15,18H,3H2,1-2H3,(H,19,22)(H,20,21,23). The molecule has 0 aliphatic carbocycles. The number of alkyl carbamates (subject to hydrolysis) is 1. The Bertz CT molecular complexity index is 868. The van der Waals surface area contributed by atoms with E-state index in [4.69, 9.17) is 0 Å². The smallest absolute Gasteiger partial charge is 0.414 e. The van der Waals surface area contributed by atoms with Gasteiger partial charge >= 0.3 is 6.09 Å². The van der Waals surface area contributed by atoms with Crippen LogP contribution in [0, 0.1) is 6.92 Å². The number of nitrogens with one attached hydrogen (secondary N) is 3. The van der Waals surface area contributed by atoms with Crippen LogP contribution in [0.25, 0.3) is 0 Å². The Morgan fingerprint density at radius 3 is 2.88 bits per heavy atom. The highest BCUT2D eigenvalue weighted by Crippen LogP contribution is 2.37. The van der Waals surface area contributed by atoms with Crippen molar-refractivity contribution in [1.29, 1.82) is 0 Å². The summed E-state index contributed by atoms with van der Waals surface area (Å²) in [4.78, 5) is 40.4. The zero-order valence-electron chi connectivity index (χ0n) is 14.0. The highest BCUT2D eigenvalue weighted by molar-refractivity contribution is 8.01. The van der Waals surface area contributed by atoms with Gasteiger partial charge in [-0.3, -0.25) is 14.9 Å². The van der Waals surface area contributed by atoms with Gasteiger partial charge in [-0.05, 0) is 37.4 Å². The van der Waals surface area contributed by atoms with Crippen molar-refractivity contribution in [2.45, 2.75) is 24.2 Å². The number of carbonyl (C=O) groups is 3. The van der Waals surface area contributed by atoms with Crippen molar-refractivity contribution in [3.05, 3.63) is 34.8 Å². The second-order valence-electron chi connectivity index (χ2n) is 5.27. The van der Waals surface area contributed by atoms with Gasteiger partial charge in [-0.2, -0.15) is 0 Å². The summed E-state index contributed by atoms with van der Waals surface area (Å²) in [5, 5.41) is 10.1. The second-order valence-corrected chi connectivity index (χ2v) is 7.28. The number of amides is 3. The molecule has 0 fully saturated rings. The molecule has 136 valence electrons. The molecule has 3 N–H and O–H groups in total. The lowest BCUT2D eigenvalue weighted by Gasteiger charge is -2.11. The van der Waals surface area contributed by atoms with Gasteiger partial charge in [0.2, 0.25) is 0 Å². The summed E-state index contributed by atoms with van der Waals surface area (Å²) in [6.45, 7) is 3.68. The fourth-order valence-electron chi connectivity index (χ4n) is 2.22. The van der Waals surface area contributed by atoms with Gasteiger partial charge in [0.15, 0.2) is 5.37 Å². The van der Waals surface area contributed by atoms with Crippen molar-refractivity contribution in [2.24, 2.45) is 0 Å². The lowest BCUT2D eigenvalue weighted by atomic mass is 10.3. The predicted molar refractivity (Wildman–Crippen MR) is 99.7 cm³/mol. The quantitative estimate of drug-likeness (QED) is 0.734. The number of carbonyl (C=O) groups excluding carboxylic acids is 3. The van der Waals surface area contributed by atoms with E-state index in [1.807, 2.05) is 19.1 Å². The Kier molecular flexibility index (Phi) is 5.43. The molecular formula is C16H16N4O4S2. The topological polar surface area (TPSA) is 109 Å². The molecule has 3 amide bonds. The van der Waals surface area contributed by atoms with E-state index >= 15 is 0 Å². The molecule has 10 heteroatoms. The highest BCUT2D eigenvalue weighted by Gasteiger charge is 2.30. The molecule has 1 aliphatic heterocycles. The summed E-state index contributed by atoms with van der Waals surface area (Å²) in [6, 6.07) is 5.27. The van der Waals surface area contributed by atoms with Gasteiger partial charge in [-0.15, -0.1) is 11.3 Å². The van der Waals surface area contributed by atoms with Crippen LogP contribution in [0.1, 0.15) is 23.0 Å². The predicted octanol–water partition coefficient (Wildman–Crippen LogP) is 2.82. The van der Waals surface area contributed by atoms with Gasteiger partial charge in [0.25, 0.3) is 11.8 Å². The molecule has 26 heavy (non-hydrogen) atoms. The summed E-state index contributed by atoms with van der Waals surface area (Å²) in [5.74, 6) is -0.939. The number of rotatable bonds is 4. The summed E-state index contributed by atoms with van der Waals surface area (Å²) in [5.41, 5.74) is 1.87. The van der Waals surface area contributed by atoms with Crippen LogP contribution in [-0.2, 0) is 9.53 Å². The van der Waals surface area contributed by atoms with Crippen molar-refractivity contribution in [3.8, 4) is 0 Å². The summed E-state index contributed by atoms with van der Waals surface area (Å²) in [7, 11) is 0. The van der Waals surface area contributed by atoms with E-state index in [0.717, 1.165) is 16.4 Å². The number of aromatic nitrogens is 1. The SMILES string of the molecule is CCOC(=O)NC(=O)c1ccsc1NC(=O)C1Nc2ccc(C)nc2S1. The third-order valence-electron chi connectivity index (χ3n) is 3.39. The Morgan fingerprint density at radius 1 is 1.31 bits per heavy atom. The van der Waals surface area contributed by atoms with Crippen LogP contribution in [0.4, 0.5) is 15.5 Å². The molecule has 3 rings (SSSR count). The lowest BCUT2D eigenvalue weighted by Crippen LogP contribution is -2.32. The molecule has 3 heterocycles. The number of thiophene rings is 1. The minimum Gasteiger partial charge on any atom is -0.450 e.